The molecule has 0 amide bonds. The van der Waals surface area contributed by atoms with E-state index in [2.05, 4.69) is 325 Å². The molecule has 0 saturated heterocycles. The van der Waals surface area contributed by atoms with E-state index < -0.39 is 0 Å². The zero-order valence-corrected chi connectivity index (χ0v) is 42.9. The minimum Gasteiger partial charge on any atom is -0.309 e. The molecule has 0 fully saturated rings. The highest BCUT2D eigenvalue weighted by Crippen LogP contribution is 2.54. The van der Waals surface area contributed by atoms with Crippen molar-refractivity contribution in [3.63, 3.8) is 0 Å². The van der Waals surface area contributed by atoms with Gasteiger partial charge in [-0.15, -0.1) is 0 Å². The van der Waals surface area contributed by atoms with E-state index in [1.165, 1.54) is 54.9 Å². The second kappa shape index (κ2) is 20.1. The van der Waals surface area contributed by atoms with Crippen molar-refractivity contribution in [1.29, 1.82) is 0 Å². The number of rotatable bonds is 11. The van der Waals surface area contributed by atoms with Gasteiger partial charge in [0, 0.05) is 44.3 Å². The lowest BCUT2D eigenvalue weighted by atomic mass is 9.84. The van der Waals surface area contributed by atoms with Crippen LogP contribution in [0.5, 0.6) is 0 Å². The Morgan fingerprint density at radius 1 is 0.154 bits per heavy atom. The molecule has 14 rings (SSSR count). The molecule has 366 valence electrons. The van der Waals surface area contributed by atoms with Gasteiger partial charge in [0.1, 0.15) is 0 Å². The molecule has 0 atom stereocenters. The van der Waals surface area contributed by atoms with E-state index in [0.29, 0.717) is 0 Å². The van der Waals surface area contributed by atoms with E-state index in [9.17, 15) is 0 Å². The summed E-state index contributed by atoms with van der Waals surface area (Å²) in [7, 11) is 0. The maximum atomic E-state index is 2.50. The fourth-order valence-electron chi connectivity index (χ4n) is 11.9. The lowest BCUT2D eigenvalue weighted by Crippen LogP contribution is -2.12. The minimum absolute atomic E-state index is 1.08. The Morgan fingerprint density at radius 2 is 0.346 bits per heavy atom. The van der Waals surface area contributed by atoms with E-state index >= 15 is 0 Å². The number of benzene rings is 14. The van der Waals surface area contributed by atoms with Crippen molar-refractivity contribution in [3.05, 3.63) is 315 Å². The monoisotopic (exact) mass is 992 g/mol. The Labute approximate surface area is 455 Å². The molecule has 0 aliphatic rings. The van der Waals surface area contributed by atoms with Crippen LogP contribution in [0.25, 0.3) is 98.7 Å². The molecule has 0 aliphatic carbocycles. The minimum atomic E-state index is 1.08. The van der Waals surface area contributed by atoms with Crippen LogP contribution < -0.4 is 9.80 Å². The number of anilines is 6. The summed E-state index contributed by atoms with van der Waals surface area (Å²) in [5.41, 5.74) is 18.4. The van der Waals surface area contributed by atoms with Crippen LogP contribution in [0.2, 0.25) is 0 Å². The Kier molecular flexibility index (Phi) is 11.9. The summed E-state index contributed by atoms with van der Waals surface area (Å²) in [6, 6.07) is 115. The molecule has 0 radical (unpaired) electrons. The molecule has 0 unspecified atom stereocenters. The fraction of sp³-hybridized carbons (Fsp3) is 0. The number of fused-ring (bicyclic) bond motifs is 4. The number of hydrogen-bond donors (Lipinski definition) is 0. The topological polar surface area (TPSA) is 6.48 Å². The van der Waals surface area contributed by atoms with Crippen LogP contribution in [-0.2, 0) is 0 Å². The summed E-state index contributed by atoms with van der Waals surface area (Å²) < 4.78 is 0. The smallest absolute Gasteiger partial charge is 0.0618 e. The molecule has 0 aliphatic heterocycles. The molecule has 0 saturated carbocycles. The zero-order chi connectivity index (χ0) is 51.8. The van der Waals surface area contributed by atoms with Crippen LogP contribution in [0.3, 0.4) is 0 Å². The zero-order valence-electron chi connectivity index (χ0n) is 42.9. The third-order valence-corrected chi connectivity index (χ3v) is 15.3. The van der Waals surface area contributed by atoms with E-state index in [0.717, 1.165) is 77.9 Å². The van der Waals surface area contributed by atoms with E-state index in [1.54, 1.807) is 0 Å². The number of nitrogens with zero attached hydrogens (tertiary/aromatic N) is 2. The van der Waals surface area contributed by atoms with Gasteiger partial charge in [-0.3, -0.25) is 0 Å². The van der Waals surface area contributed by atoms with Crippen molar-refractivity contribution < 1.29 is 0 Å². The summed E-state index contributed by atoms with van der Waals surface area (Å²) in [5.74, 6) is 0. The molecule has 0 aromatic heterocycles. The summed E-state index contributed by atoms with van der Waals surface area (Å²) in [6.07, 6.45) is 0. The van der Waals surface area contributed by atoms with Gasteiger partial charge < -0.3 is 9.80 Å². The molecule has 0 N–H and O–H groups in total. The molecule has 14 aromatic carbocycles. The normalized spacial score (nSPS) is 11.3. The van der Waals surface area contributed by atoms with Crippen molar-refractivity contribution in [2.75, 3.05) is 9.80 Å². The van der Waals surface area contributed by atoms with Gasteiger partial charge >= 0.3 is 0 Å². The molecule has 2 nitrogen and oxygen atoms in total. The highest BCUT2D eigenvalue weighted by molar-refractivity contribution is 6.30. The van der Waals surface area contributed by atoms with Gasteiger partial charge in [-0.2, -0.15) is 0 Å². The van der Waals surface area contributed by atoms with Gasteiger partial charge in [0.2, 0.25) is 0 Å². The summed E-state index contributed by atoms with van der Waals surface area (Å²) in [6.45, 7) is 0. The van der Waals surface area contributed by atoms with Crippen LogP contribution >= 0.6 is 0 Å². The largest absolute Gasteiger partial charge is 0.309 e. The van der Waals surface area contributed by atoms with Gasteiger partial charge in [0.05, 0.1) is 11.4 Å². The fourth-order valence-corrected chi connectivity index (χ4v) is 11.9. The maximum Gasteiger partial charge on any atom is 0.0618 e. The highest BCUT2D eigenvalue weighted by Gasteiger charge is 2.27. The summed E-state index contributed by atoms with van der Waals surface area (Å²) in [5, 5.41) is 9.38. The average Bonchev–Trinajstić information content (AvgIpc) is 3.71. The van der Waals surface area contributed by atoms with Crippen LogP contribution in [0.1, 0.15) is 0 Å². The van der Waals surface area contributed by atoms with Gasteiger partial charge in [-0.1, -0.05) is 267 Å². The third kappa shape index (κ3) is 8.34. The third-order valence-electron chi connectivity index (χ3n) is 15.3. The molecule has 14 aromatic rings. The Hall–Kier alpha value is -10.3. The summed E-state index contributed by atoms with van der Waals surface area (Å²) in [4.78, 5) is 5.00. The lowest BCUT2D eigenvalue weighted by Gasteiger charge is -2.32. The van der Waals surface area contributed by atoms with E-state index in [4.69, 9.17) is 0 Å². The molecule has 0 heterocycles. The molecular formula is C76H52N2. The van der Waals surface area contributed by atoms with Crippen molar-refractivity contribution in [3.8, 4) is 55.6 Å². The van der Waals surface area contributed by atoms with Crippen LogP contribution in [0, 0.1) is 0 Å². The van der Waals surface area contributed by atoms with Crippen molar-refractivity contribution >= 4 is 77.2 Å². The quantitative estimate of drug-likeness (QED) is 0.119. The average molecular weight is 993 g/mol. The van der Waals surface area contributed by atoms with Gasteiger partial charge in [-0.25, -0.2) is 0 Å². The first kappa shape index (κ1) is 46.3. The van der Waals surface area contributed by atoms with Gasteiger partial charge in [0.15, 0.2) is 0 Å². The van der Waals surface area contributed by atoms with Crippen molar-refractivity contribution in [1.82, 2.24) is 0 Å². The lowest BCUT2D eigenvalue weighted by molar-refractivity contribution is 1.31. The molecular weight excluding hydrogens is 941 g/mol. The van der Waals surface area contributed by atoms with Gasteiger partial charge in [-0.05, 0) is 126 Å². The summed E-state index contributed by atoms with van der Waals surface area (Å²) >= 11 is 0. The Bertz CT molecular complexity index is 3920. The number of hydrogen-bond acceptors (Lipinski definition) is 2. The second-order valence-corrected chi connectivity index (χ2v) is 20.0. The first-order valence-electron chi connectivity index (χ1n) is 26.8. The van der Waals surface area contributed by atoms with Gasteiger partial charge in [0.25, 0.3) is 0 Å². The molecule has 2 heteroatoms. The predicted octanol–water partition coefficient (Wildman–Crippen LogP) is 21.6. The Balaban J connectivity index is 1.05. The van der Waals surface area contributed by atoms with E-state index in [-0.39, 0.29) is 0 Å². The first-order chi connectivity index (χ1) is 38.7. The molecule has 0 bridgehead atoms. The van der Waals surface area contributed by atoms with E-state index in [1.807, 2.05) is 0 Å². The molecule has 0 spiro atoms. The van der Waals surface area contributed by atoms with Crippen LogP contribution in [0.15, 0.2) is 315 Å². The Morgan fingerprint density at radius 3 is 0.577 bits per heavy atom. The maximum absolute atomic E-state index is 2.50. The second-order valence-electron chi connectivity index (χ2n) is 20.0. The SMILES string of the molecule is c1ccc(-c2cccc(N(c3cccc(-c4ccccc4)c3)c3c4ccccc4c(-c4c5ccccc5c(N(c5cccc(-c6ccccc6)c5)c5cccc(-c6ccccc6)c5)c5ccccc45)c4ccccc34)c2)cc1. The standard InChI is InChI=1S/C76H52N2/c1-5-25-53(26-6-1)57-33-21-37-61(49-57)77(62-38-22-34-58(50-62)54-27-7-2-8-28-54)75-69-45-17-13-41-65(69)73(66-42-14-18-46-70(66)75)74-67-43-15-19-47-71(67)76(72-48-20-16-44-68(72)74)78(63-39-23-35-59(51-63)55-29-9-3-10-30-55)64-40-24-36-60(52-64)56-31-11-4-12-32-56/h1-52H. The van der Waals surface area contributed by atoms with Crippen LogP contribution in [-0.4, -0.2) is 0 Å². The van der Waals surface area contributed by atoms with Crippen LogP contribution in [0.4, 0.5) is 34.1 Å². The first-order valence-corrected chi connectivity index (χ1v) is 26.8. The van der Waals surface area contributed by atoms with Crippen molar-refractivity contribution in [2.24, 2.45) is 0 Å². The van der Waals surface area contributed by atoms with Crippen molar-refractivity contribution in [2.45, 2.75) is 0 Å². The molecule has 78 heavy (non-hydrogen) atoms. The predicted molar refractivity (Wildman–Crippen MR) is 333 cm³/mol. The highest BCUT2D eigenvalue weighted by atomic mass is 15.2.